The van der Waals surface area contributed by atoms with E-state index in [1.165, 1.54) is 0 Å². The van der Waals surface area contributed by atoms with Crippen LogP contribution in [0.25, 0.3) is 0 Å². The lowest BCUT2D eigenvalue weighted by molar-refractivity contribution is 0.259. The number of hydrogen-bond acceptors (Lipinski definition) is 3. The van der Waals surface area contributed by atoms with Crippen molar-refractivity contribution in [2.45, 2.75) is 20.4 Å². The largest absolute Gasteiger partial charge is 0.387 e. The zero-order valence-corrected chi connectivity index (χ0v) is 10.3. The van der Waals surface area contributed by atoms with Gasteiger partial charge in [0.05, 0.1) is 11.5 Å². The highest BCUT2D eigenvalue weighted by Gasteiger charge is 2.12. The lowest BCUT2D eigenvalue weighted by Gasteiger charge is -2.22. The second-order valence-corrected chi connectivity index (χ2v) is 4.16. The van der Waals surface area contributed by atoms with Crippen LogP contribution in [0.3, 0.4) is 0 Å². The van der Waals surface area contributed by atoms with Crippen molar-refractivity contribution < 1.29 is 0 Å². The molecule has 5 nitrogen and oxygen atoms in total. The summed E-state index contributed by atoms with van der Waals surface area (Å²) in [6, 6.07) is 2.01. The van der Waals surface area contributed by atoms with Crippen LogP contribution < -0.4 is 5.73 Å². The van der Waals surface area contributed by atoms with Gasteiger partial charge in [-0.15, -0.1) is 0 Å². The fraction of sp³-hybridized carbons (Fsp3) is 0.636. The number of nitrogens with zero attached hydrogens (tertiary/aromatic N) is 3. The Balaban J connectivity index is 2.52. The van der Waals surface area contributed by atoms with Crippen LogP contribution in [0.1, 0.15) is 19.5 Å². The van der Waals surface area contributed by atoms with E-state index in [1.807, 2.05) is 26.2 Å². The molecular formula is C11H21N5. The van der Waals surface area contributed by atoms with Crippen molar-refractivity contribution in [2.75, 3.05) is 13.1 Å². The first kappa shape index (κ1) is 12.7. The molecule has 1 unspecified atom stereocenters. The van der Waals surface area contributed by atoms with Gasteiger partial charge in [-0.05, 0) is 12.6 Å². The first-order valence-electron chi connectivity index (χ1n) is 5.57. The van der Waals surface area contributed by atoms with E-state index in [-0.39, 0.29) is 11.8 Å². The lowest BCUT2D eigenvalue weighted by Crippen LogP contribution is -2.34. The van der Waals surface area contributed by atoms with Gasteiger partial charge in [-0.25, -0.2) is 0 Å². The molecule has 0 amide bonds. The maximum atomic E-state index is 7.38. The van der Waals surface area contributed by atoms with Crippen molar-refractivity contribution in [3.8, 4) is 0 Å². The molecule has 0 fully saturated rings. The number of hydrogen-bond donors (Lipinski definition) is 2. The molecular weight excluding hydrogens is 202 g/mol. The van der Waals surface area contributed by atoms with Crippen LogP contribution in [0.2, 0.25) is 0 Å². The number of aryl methyl sites for hydroxylation is 1. The topological polar surface area (TPSA) is 70.9 Å². The van der Waals surface area contributed by atoms with Gasteiger partial charge in [0, 0.05) is 32.3 Å². The van der Waals surface area contributed by atoms with E-state index in [2.05, 4.69) is 16.9 Å². The Morgan fingerprint density at radius 2 is 2.38 bits per heavy atom. The third-order valence-electron chi connectivity index (χ3n) is 2.66. The van der Waals surface area contributed by atoms with E-state index in [4.69, 9.17) is 11.1 Å². The Kier molecular flexibility index (Phi) is 4.49. The van der Waals surface area contributed by atoms with E-state index in [0.29, 0.717) is 0 Å². The Morgan fingerprint density at radius 1 is 1.69 bits per heavy atom. The third-order valence-corrected chi connectivity index (χ3v) is 2.66. The number of aromatic nitrogens is 2. The van der Waals surface area contributed by atoms with E-state index < -0.39 is 0 Å². The number of amidine groups is 1. The zero-order chi connectivity index (χ0) is 12.1. The molecule has 3 N–H and O–H groups in total. The molecule has 0 radical (unpaired) electrons. The fourth-order valence-electron chi connectivity index (χ4n) is 1.57. The maximum Gasteiger partial charge on any atom is 0.0947 e. The summed E-state index contributed by atoms with van der Waals surface area (Å²) in [6.45, 7) is 6.64. The first-order chi connectivity index (χ1) is 7.52. The number of rotatable bonds is 6. The molecule has 0 saturated carbocycles. The Labute approximate surface area is 96.7 Å². The standard InChI is InChI=1S/C11H21N5/c1-4-16(7-9(2)11(12)13)8-10-5-6-15(3)14-10/h5-6,9H,4,7-8H2,1-3H3,(H3,12,13). The molecule has 0 spiro atoms. The summed E-state index contributed by atoms with van der Waals surface area (Å²) < 4.78 is 1.80. The molecule has 0 aromatic carbocycles. The van der Waals surface area contributed by atoms with Crippen LogP contribution >= 0.6 is 0 Å². The van der Waals surface area contributed by atoms with Crippen molar-refractivity contribution in [3.05, 3.63) is 18.0 Å². The highest BCUT2D eigenvalue weighted by molar-refractivity contribution is 5.79. The van der Waals surface area contributed by atoms with Gasteiger partial charge in [-0.1, -0.05) is 13.8 Å². The summed E-state index contributed by atoms with van der Waals surface area (Å²) in [6.07, 6.45) is 1.94. The Morgan fingerprint density at radius 3 is 2.81 bits per heavy atom. The summed E-state index contributed by atoms with van der Waals surface area (Å²) in [5.74, 6) is 0.350. The van der Waals surface area contributed by atoms with Crippen molar-refractivity contribution in [1.29, 1.82) is 5.41 Å². The van der Waals surface area contributed by atoms with Gasteiger partial charge >= 0.3 is 0 Å². The monoisotopic (exact) mass is 223 g/mol. The minimum atomic E-state index is 0.101. The van der Waals surface area contributed by atoms with E-state index in [0.717, 1.165) is 25.3 Å². The lowest BCUT2D eigenvalue weighted by atomic mass is 10.1. The van der Waals surface area contributed by atoms with E-state index >= 15 is 0 Å². The molecule has 1 heterocycles. The van der Waals surface area contributed by atoms with Gasteiger partial charge in [0.25, 0.3) is 0 Å². The van der Waals surface area contributed by atoms with Crippen LogP contribution in [0.4, 0.5) is 0 Å². The van der Waals surface area contributed by atoms with E-state index in [9.17, 15) is 0 Å². The summed E-state index contributed by atoms with van der Waals surface area (Å²) >= 11 is 0. The van der Waals surface area contributed by atoms with Crippen LogP contribution in [0, 0.1) is 11.3 Å². The predicted octanol–water partition coefficient (Wildman–Crippen LogP) is 0.814. The van der Waals surface area contributed by atoms with Crippen molar-refractivity contribution in [1.82, 2.24) is 14.7 Å². The second-order valence-electron chi connectivity index (χ2n) is 4.16. The highest BCUT2D eigenvalue weighted by Crippen LogP contribution is 2.05. The molecule has 0 aliphatic rings. The summed E-state index contributed by atoms with van der Waals surface area (Å²) in [5, 5.41) is 11.7. The number of nitrogens with one attached hydrogen (secondary N) is 1. The molecule has 0 saturated heterocycles. The van der Waals surface area contributed by atoms with Crippen molar-refractivity contribution >= 4 is 5.84 Å². The third kappa shape index (κ3) is 3.66. The van der Waals surface area contributed by atoms with Gasteiger partial charge < -0.3 is 5.73 Å². The van der Waals surface area contributed by atoms with Gasteiger partial charge in [-0.3, -0.25) is 15.0 Å². The molecule has 1 rings (SSSR count). The summed E-state index contributed by atoms with van der Waals surface area (Å²) in [7, 11) is 1.91. The fourth-order valence-corrected chi connectivity index (χ4v) is 1.57. The second kappa shape index (κ2) is 5.65. The van der Waals surface area contributed by atoms with Crippen LogP contribution in [0.15, 0.2) is 12.3 Å². The molecule has 0 aliphatic heterocycles. The van der Waals surface area contributed by atoms with E-state index in [1.54, 1.807) is 4.68 Å². The maximum absolute atomic E-state index is 7.38. The van der Waals surface area contributed by atoms with Crippen LogP contribution in [0.5, 0.6) is 0 Å². The molecule has 0 aliphatic carbocycles. The SMILES string of the molecule is CCN(Cc1ccn(C)n1)CC(C)C(=N)N. The zero-order valence-electron chi connectivity index (χ0n) is 10.3. The molecule has 90 valence electrons. The molecule has 16 heavy (non-hydrogen) atoms. The smallest absolute Gasteiger partial charge is 0.0947 e. The van der Waals surface area contributed by atoms with Gasteiger partial charge in [0.2, 0.25) is 0 Å². The molecule has 5 heteroatoms. The molecule has 1 atom stereocenters. The highest BCUT2D eigenvalue weighted by atomic mass is 15.3. The number of nitrogens with two attached hydrogens (primary N) is 1. The van der Waals surface area contributed by atoms with Gasteiger partial charge in [-0.2, -0.15) is 5.10 Å². The van der Waals surface area contributed by atoms with Gasteiger partial charge in [0.15, 0.2) is 0 Å². The average Bonchev–Trinajstić information content (AvgIpc) is 2.62. The Bertz CT molecular complexity index is 344. The van der Waals surface area contributed by atoms with Crippen molar-refractivity contribution in [2.24, 2.45) is 18.7 Å². The molecule has 0 bridgehead atoms. The van der Waals surface area contributed by atoms with Crippen LogP contribution in [-0.4, -0.2) is 33.6 Å². The minimum Gasteiger partial charge on any atom is -0.387 e. The summed E-state index contributed by atoms with van der Waals surface area (Å²) in [4.78, 5) is 2.24. The predicted molar refractivity (Wildman–Crippen MR) is 65.2 cm³/mol. The van der Waals surface area contributed by atoms with Gasteiger partial charge in [0.1, 0.15) is 0 Å². The first-order valence-corrected chi connectivity index (χ1v) is 5.57. The van der Waals surface area contributed by atoms with Crippen LogP contribution in [-0.2, 0) is 13.6 Å². The Hall–Kier alpha value is -1.36. The van der Waals surface area contributed by atoms with Crippen molar-refractivity contribution in [3.63, 3.8) is 0 Å². The molecule has 1 aromatic rings. The quantitative estimate of drug-likeness (QED) is 0.554. The minimum absolute atomic E-state index is 0.101. The molecule has 1 aromatic heterocycles. The summed E-state index contributed by atoms with van der Waals surface area (Å²) in [5.41, 5.74) is 6.53. The normalized spacial score (nSPS) is 13.0. The average molecular weight is 223 g/mol.